The van der Waals surface area contributed by atoms with Gasteiger partial charge in [0.1, 0.15) is 23.5 Å². The molecule has 3 fully saturated rings. The molecule has 1 aromatic carbocycles. The molecule has 14 heteroatoms. The van der Waals surface area contributed by atoms with E-state index in [4.69, 9.17) is 14.7 Å². The standard InChI is InChI=1S/C25H27F5N8.C4H8O/c1-13-11-36(20(16-9-25(29,30)10-16)15-4-5-17(21(27)28)18(26)8-15)6-7-37(13)22-19-23(35(3)14(2)32-19)38-12-31-34-24(38)33-22;1-2-4-5-3-1/h4-5,8,12-13,16,20-21H,6-7,9-11H2,1-3H3;1-4H2. The van der Waals surface area contributed by atoms with Crippen LogP contribution in [-0.2, 0) is 11.8 Å². The zero-order chi connectivity index (χ0) is 30.5. The van der Waals surface area contributed by atoms with E-state index in [2.05, 4.69) is 20.0 Å². The smallest absolute Gasteiger partial charge is 0.266 e. The minimum atomic E-state index is -2.94. The zero-order valence-electron chi connectivity index (χ0n) is 24.4. The SMILES string of the molecule is C1CCOC1.Cc1nc2c(N3CCN(C(c4ccc(C(F)F)c(F)c4)C4CC(F)(F)C4)CC3C)nc3nncn3c2n1C. The van der Waals surface area contributed by atoms with Gasteiger partial charge in [0, 0.05) is 64.8 Å². The number of halogens is 5. The molecule has 0 N–H and O–H groups in total. The van der Waals surface area contributed by atoms with Crippen molar-refractivity contribution in [3.63, 3.8) is 0 Å². The lowest BCUT2D eigenvalue weighted by Crippen LogP contribution is -2.56. The van der Waals surface area contributed by atoms with E-state index in [9.17, 15) is 22.0 Å². The maximum Gasteiger partial charge on any atom is 0.266 e. The number of rotatable bonds is 5. The van der Waals surface area contributed by atoms with Gasteiger partial charge in [-0.2, -0.15) is 4.98 Å². The Morgan fingerprint density at radius 3 is 2.42 bits per heavy atom. The second kappa shape index (κ2) is 11.6. The highest BCUT2D eigenvalue weighted by Crippen LogP contribution is 2.51. The molecule has 2 aliphatic heterocycles. The number of benzene rings is 1. The predicted molar refractivity (Wildman–Crippen MR) is 150 cm³/mol. The van der Waals surface area contributed by atoms with E-state index in [0.717, 1.165) is 36.8 Å². The first-order chi connectivity index (χ1) is 20.5. The van der Waals surface area contributed by atoms with Crippen LogP contribution in [0.1, 0.15) is 62.0 Å². The topological polar surface area (TPSA) is 76.6 Å². The molecule has 2 saturated heterocycles. The molecule has 1 saturated carbocycles. The highest BCUT2D eigenvalue weighted by Gasteiger charge is 2.51. The average molecular weight is 607 g/mol. The Morgan fingerprint density at radius 2 is 1.81 bits per heavy atom. The number of nitrogens with zero attached hydrogens (tertiary/aromatic N) is 8. The lowest BCUT2D eigenvalue weighted by Gasteiger charge is -2.49. The molecular formula is C29H35F5N8O. The van der Waals surface area contributed by atoms with Crippen LogP contribution in [0.15, 0.2) is 24.5 Å². The minimum absolute atomic E-state index is 0.0968. The van der Waals surface area contributed by atoms with Crippen molar-refractivity contribution in [1.82, 2.24) is 34.0 Å². The molecule has 2 atom stereocenters. The van der Waals surface area contributed by atoms with Crippen LogP contribution in [-0.4, -0.2) is 78.8 Å². The molecular weight excluding hydrogens is 571 g/mol. The molecule has 43 heavy (non-hydrogen) atoms. The van der Waals surface area contributed by atoms with E-state index in [-0.39, 0.29) is 18.9 Å². The highest BCUT2D eigenvalue weighted by molar-refractivity contribution is 5.86. The number of anilines is 1. The number of hydrogen-bond acceptors (Lipinski definition) is 7. The normalized spacial score (nSPS) is 21.8. The summed E-state index contributed by atoms with van der Waals surface area (Å²) in [5.41, 5.74) is 1.27. The van der Waals surface area contributed by atoms with Gasteiger partial charge in [0.05, 0.1) is 5.56 Å². The molecule has 0 bridgehead atoms. The third kappa shape index (κ3) is 5.66. The first-order valence-electron chi connectivity index (χ1n) is 14.6. The first kappa shape index (κ1) is 29.7. The van der Waals surface area contributed by atoms with Crippen molar-refractivity contribution < 1.29 is 26.7 Å². The molecule has 7 rings (SSSR count). The fourth-order valence-electron chi connectivity index (χ4n) is 6.51. The molecule has 3 aliphatic rings. The number of aryl methyl sites for hydroxylation is 2. The Morgan fingerprint density at radius 1 is 1.07 bits per heavy atom. The van der Waals surface area contributed by atoms with Gasteiger partial charge in [-0.15, -0.1) is 10.2 Å². The second-order valence-corrected chi connectivity index (χ2v) is 11.7. The van der Waals surface area contributed by atoms with Crippen molar-refractivity contribution in [2.75, 3.05) is 37.7 Å². The summed E-state index contributed by atoms with van der Waals surface area (Å²) in [6.45, 7) is 7.40. The summed E-state index contributed by atoms with van der Waals surface area (Å²) in [5, 5.41) is 8.12. The lowest BCUT2D eigenvalue weighted by atomic mass is 9.73. The first-order valence-corrected chi connectivity index (χ1v) is 14.6. The summed E-state index contributed by atoms with van der Waals surface area (Å²) in [6.07, 6.45) is 0.572. The maximum absolute atomic E-state index is 14.5. The number of ether oxygens (including phenoxy) is 1. The quantitative estimate of drug-likeness (QED) is 0.278. The Labute approximate surface area is 245 Å². The predicted octanol–water partition coefficient (Wildman–Crippen LogP) is 5.49. The van der Waals surface area contributed by atoms with E-state index in [1.54, 1.807) is 10.7 Å². The molecule has 1 aliphatic carbocycles. The molecule has 232 valence electrons. The molecule has 0 spiro atoms. The van der Waals surface area contributed by atoms with Crippen molar-refractivity contribution in [3.05, 3.63) is 47.3 Å². The molecule has 2 unspecified atom stereocenters. The van der Waals surface area contributed by atoms with Crippen LogP contribution < -0.4 is 4.90 Å². The van der Waals surface area contributed by atoms with Crippen LogP contribution >= 0.6 is 0 Å². The summed E-state index contributed by atoms with van der Waals surface area (Å²) in [4.78, 5) is 13.7. The van der Waals surface area contributed by atoms with Gasteiger partial charge >= 0.3 is 0 Å². The van der Waals surface area contributed by atoms with Crippen molar-refractivity contribution in [1.29, 1.82) is 0 Å². The summed E-state index contributed by atoms with van der Waals surface area (Å²) >= 11 is 0. The number of alkyl halides is 4. The maximum atomic E-state index is 14.5. The summed E-state index contributed by atoms with van der Waals surface area (Å²) in [5.74, 6) is -2.28. The molecule has 5 heterocycles. The van der Waals surface area contributed by atoms with Crippen molar-refractivity contribution in [2.24, 2.45) is 13.0 Å². The monoisotopic (exact) mass is 606 g/mol. The minimum Gasteiger partial charge on any atom is -0.381 e. The average Bonchev–Trinajstić information content (AvgIpc) is 3.71. The van der Waals surface area contributed by atoms with Gasteiger partial charge < -0.3 is 14.2 Å². The Hall–Kier alpha value is -3.39. The largest absolute Gasteiger partial charge is 0.381 e. The van der Waals surface area contributed by atoms with Crippen LogP contribution in [0.4, 0.5) is 27.8 Å². The van der Waals surface area contributed by atoms with E-state index in [1.807, 2.05) is 25.5 Å². The van der Waals surface area contributed by atoms with E-state index >= 15 is 0 Å². The van der Waals surface area contributed by atoms with E-state index < -0.39 is 35.7 Å². The lowest BCUT2D eigenvalue weighted by molar-refractivity contribution is -0.133. The van der Waals surface area contributed by atoms with Crippen LogP contribution in [0.25, 0.3) is 16.9 Å². The number of imidazole rings is 1. The molecule has 3 aromatic heterocycles. The fourth-order valence-corrected chi connectivity index (χ4v) is 6.51. The number of piperazine rings is 1. The zero-order valence-corrected chi connectivity index (χ0v) is 24.4. The Balaban J connectivity index is 0.000000599. The molecule has 9 nitrogen and oxygen atoms in total. The Kier molecular flexibility index (Phi) is 8.01. The van der Waals surface area contributed by atoms with Gasteiger partial charge in [-0.3, -0.25) is 4.90 Å². The van der Waals surface area contributed by atoms with Gasteiger partial charge in [-0.05, 0) is 44.2 Å². The van der Waals surface area contributed by atoms with Crippen molar-refractivity contribution >= 4 is 22.8 Å². The van der Waals surface area contributed by atoms with Crippen LogP contribution in [0.3, 0.4) is 0 Å². The molecule has 0 amide bonds. The molecule has 4 aromatic rings. The van der Waals surface area contributed by atoms with Gasteiger partial charge in [-0.1, -0.05) is 12.1 Å². The van der Waals surface area contributed by atoms with Gasteiger partial charge in [0.15, 0.2) is 11.5 Å². The highest BCUT2D eigenvalue weighted by atomic mass is 19.3. The molecule has 0 radical (unpaired) electrons. The number of aromatic nitrogens is 6. The van der Waals surface area contributed by atoms with Crippen LogP contribution in [0.2, 0.25) is 0 Å². The third-order valence-electron chi connectivity index (χ3n) is 8.79. The Bertz CT molecular complexity index is 1590. The summed E-state index contributed by atoms with van der Waals surface area (Å²) in [6, 6.07) is 2.99. The van der Waals surface area contributed by atoms with Gasteiger partial charge in [-0.25, -0.2) is 31.3 Å². The van der Waals surface area contributed by atoms with Gasteiger partial charge in [0.2, 0.25) is 5.92 Å². The van der Waals surface area contributed by atoms with Crippen LogP contribution in [0.5, 0.6) is 0 Å². The van der Waals surface area contributed by atoms with Crippen molar-refractivity contribution in [2.45, 2.75) is 64.0 Å². The third-order valence-corrected chi connectivity index (χ3v) is 8.79. The van der Waals surface area contributed by atoms with Crippen molar-refractivity contribution in [3.8, 4) is 0 Å². The number of hydrogen-bond donors (Lipinski definition) is 0. The fraction of sp³-hybridized carbons (Fsp3) is 0.586. The van der Waals surface area contributed by atoms with Crippen LogP contribution in [0, 0.1) is 18.7 Å². The second-order valence-electron chi connectivity index (χ2n) is 11.7. The van der Waals surface area contributed by atoms with E-state index in [1.165, 1.54) is 18.9 Å². The number of fused-ring (bicyclic) bond motifs is 3. The summed E-state index contributed by atoms with van der Waals surface area (Å²) in [7, 11) is 1.91. The van der Waals surface area contributed by atoms with Gasteiger partial charge in [0.25, 0.3) is 12.2 Å². The summed E-state index contributed by atoms with van der Waals surface area (Å²) < 4.78 is 77.3. The van der Waals surface area contributed by atoms with E-state index in [0.29, 0.717) is 42.3 Å².